The van der Waals surface area contributed by atoms with E-state index in [1.165, 1.54) is 11.3 Å². The topological polar surface area (TPSA) is 81.2 Å². The first-order chi connectivity index (χ1) is 11.3. The number of nitrogens with zero attached hydrogens (tertiary/aromatic N) is 2. The Balaban J connectivity index is 2.04. The van der Waals surface area contributed by atoms with E-state index in [2.05, 4.69) is 15.3 Å². The van der Waals surface area contributed by atoms with Gasteiger partial charge >= 0.3 is 5.97 Å². The molecule has 1 N–H and O–H groups in total. The number of aromatic nitrogens is 2. The molecule has 0 bridgehead atoms. The van der Waals surface area contributed by atoms with Crippen LogP contribution in [0.25, 0.3) is 0 Å². The third kappa shape index (κ3) is 4.17. The summed E-state index contributed by atoms with van der Waals surface area (Å²) in [5.41, 5.74) is 1.63. The maximum absolute atomic E-state index is 12.2. The van der Waals surface area contributed by atoms with E-state index < -0.39 is 5.41 Å². The van der Waals surface area contributed by atoms with E-state index in [4.69, 9.17) is 4.74 Å². The van der Waals surface area contributed by atoms with Gasteiger partial charge < -0.3 is 10.1 Å². The van der Waals surface area contributed by atoms with Crippen molar-refractivity contribution in [2.24, 2.45) is 0 Å². The molecule has 6 nitrogen and oxygen atoms in total. The first-order valence-electron chi connectivity index (χ1n) is 7.67. The summed E-state index contributed by atoms with van der Waals surface area (Å²) in [5, 5.41) is 5.02. The number of carbonyl (C=O) groups excluding carboxylic acids is 2. The van der Waals surface area contributed by atoms with Crippen molar-refractivity contribution < 1.29 is 14.3 Å². The number of anilines is 1. The van der Waals surface area contributed by atoms with Gasteiger partial charge in [0, 0.05) is 17.8 Å². The second kappa shape index (κ2) is 7.53. The van der Waals surface area contributed by atoms with E-state index in [1.807, 2.05) is 13.0 Å². The number of aryl methyl sites for hydroxylation is 1. The Hall–Kier alpha value is -2.28. The highest BCUT2D eigenvalue weighted by Crippen LogP contribution is 2.28. The highest BCUT2D eigenvalue weighted by molar-refractivity contribution is 7.14. The van der Waals surface area contributed by atoms with Crippen LogP contribution >= 0.6 is 11.3 Å². The molecule has 2 heterocycles. The van der Waals surface area contributed by atoms with Gasteiger partial charge in [-0.05, 0) is 44.9 Å². The van der Waals surface area contributed by atoms with Gasteiger partial charge in [0.1, 0.15) is 5.41 Å². The molecule has 2 rings (SSSR count). The van der Waals surface area contributed by atoms with Crippen LogP contribution < -0.4 is 5.32 Å². The van der Waals surface area contributed by atoms with Crippen LogP contribution in [0.2, 0.25) is 0 Å². The smallest absolute Gasteiger partial charge is 0.317 e. The molecule has 7 heteroatoms. The van der Waals surface area contributed by atoms with Crippen LogP contribution in [0.3, 0.4) is 0 Å². The summed E-state index contributed by atoms with van der Waals surface area (Å²) in [6.07, 6.45) is 3.65. The van der Waals surface area contributed by atoms with Crippen LogP contribution in [0.4, 0.5) is 5.13 Å². The highest BCUT2D eigenvalue weighted by atomic mass is 32.1. The molecule has 0 aliphatic carbocycles. The summed E-state index contributed by atoms with van der Waals surface area (Å²) >= 11 is 1.29. The molecule has 2 aromatic rings. The van der Waals surface area contributed by atoms with Crippen molar-refractivity contribution in [3.63, 3.8) is 0 Å². The van der Waals surface area contributed by atoms with Crippen molar-refractivity contribution in [2.75, 3.05) is 11.9 Å². The van der Waals surface area contributed by atoms with E-state index in [0.717, 1.165) is 11.1 Å². The zero-order valence-electron chi connectivity index (χ0n) is 14.3. The number of ether oxygens (including phenoxy) is 1. The van der Waals surface area contributed by atoms with E-state index in [0.29, 0.717) is 17.4 Å². The van der Waals surface area contributed by atoms with Crippen molar-refractivity contribution in [1.29, 1.82) is 0 Å². The van der Waals surface area contributed by atoms with E-state index in [9.17, 15) is 9.59 Å². The molecule has 0 saturated carbocycles. The number of rotatable bonds is 6. The van der Waals surface area contributed by atoms with Crippen LogP contribution in [-0.2, 0) is 26.2 Å². The van der Waals surface area contributed by atoms with Crippen LogP contribution in [0, 0.1) is 6.92 Å². The number of pyridine rings is 1. The summed E-state index contributed by atoms with van der Waals surface area (Å²) in [5.74, 6) is -0.486. The van der Waals surface area contributed by atoms with Crippen LogP contribution in [-0.4, -0.2) is 28.5 Å². The molecule has 0 spiro atoms. The fraction of sp³-hybridized carbons (Fsp3) is 0.412. The molecule has 0 fully saturated rings. The molecule has 0 aliphatic heterocycles. The number of hydrogen-bond donors (Lipinski definition) is 1. The molecule has 0 aliphatic rings. The number of hydrogen-bond acceptors (Lipinski definition) is 6. The lowest BCUT2D eigenvalue weighted by molar-refractivity contribution is -0.148. The largest absolute Gasteiger partial charge is 0.465 e. The Bertz CT molecular complexity index is 740. The standard InChI is InChI=1S/C17H21N3O3S/c1-5-23-15(22)17(3,4)13-10-24-16(19-13)20-14(21)8-12-6-7-18-9-11(12)2/h6-7,9-10H,5,8H2,1-4H3,(H,19,20,21). The molecular weight excluding hydrogens is 326 g/mol. The molecule has 0 aromatic carbocycles. The van der Waals surface area contributed by atoms with Crippen molar-refractivity contribution in [3.8, 4) is 0 Å². The van der Waals surface area contributed by atoms with Gasteiger partial charge in [0.2, 0.25) is 5.91 Å². The number of nitrogens with one attached hydrogen (secondary N) is 1. The van der Waals surface area contributed by atoms with Crippen molar-refractivity contribution in [3.05, 3.63) is 40.7 Å². The molecule has 0 radical (unpaired) electrons. The van der Waals surface area contributed by atoms with Gasteiger partial charge in [-0.15, -0.1) is 11.3 Å². The lowest BCUT2D eigenvalue weighted by Crippen LogP contribution is -2.31. The van der Waals surface area contributed by atoms with Gasteiger partial charge in [0.25, 0.3) is 0 Å². The van der Waals surface area contributed by atoms with Gasteiger partial charge in [-0.25, -0.2) is 4.98 Å². The SMILES string of the molecule is CCOC(=O)C(C)(C)c1csc(NC(=O)Cc2ccncc2C)n1. The van der Waals surface area contributed by atoms with Crippen LogP contribution in [0.1, 0.15) is 37.6 Å². The predicted octanol–water partition coefficient (Wildman–Crippen LogP) is 2.87. The lowest BCUT2D eigenvalue weighted by Gasteiger charge is -2.19. The highest BCUT2D eigenvalue weighted by Gasteiger charge is 2.34. The van der Waals surface area contributed by atoms with Crippen LogP contribution in [0.5, 0.6) is 0 Å². The van der Waals surface area contributed by atoms with Crippen LogP contribution in [0.15, 0.2) is 23.8 Å². The normalized spacial score (nSPS) is 11.2. The lowest BCUT2D eigenvalue weighted by atomic mass is 9.90. The molecule has 0 atom stereocenters. The first-order valence-corrected chi connectivity index (χ1v) is 8.55. The molecule has 1 amide bonds. The molecular formula is C17H21N3O3S. The number of thiazole rings is 1. The molecule has 24 heavy (non-hydrogen) atoms. The van der Waals surface area contributed by atoms with Gasteiger partial charge in [0.05, 0.1) is 18.7 Å². The second-order valence-electron chi connectivity index (χ2n) is 5.91. The summed E-state index contributed by atoms with van der Waals surface area (Å²) in [6.45, 7) is 7.51. The van der Waals surface area contributed by atoms with Gasteiger partial charge in [0.15, 0.2) is 5.13 Å². The minimum Gasteiger partial charge on any atom is -0.465 e. The zero-order chi connectivity index (χ0) is 17.7. The fourth-order valence-electron chi connectivity index (χ4n) is 2.07. The first kappa shape index (κ1) is 18.1. The Morgan fingerprint density at radius 1 is 1.38 bits per heavy atom. The zero-order valence-corrected chi connectivity index (χ0v) is 15.1. The Morgan fingerprint density at radius 3 is 2.79 bits per heavy atom. The minimum atomic E-state index is -0.850. The van der Waals surface area contributed by atoms with Gasteiger partial charge in [-0.2, -0.15) is 0 Å². The molecule has 0 unspecified atom stereocenters. The average Bonchev–Trinajstić information content (AvgIpc) is 2.99. The minimum absolute atomic E-state index is 0.154. The summed E-state index contributed by atoms with van der Waals surface area (Å²) in [4.78, 5) is 32.6. The monoisotopic (exact) mass is 347 g/mol. The van der Waals surface area contributed by atoms with Crippen molar-refractivity contribution in [1.82, 2.24) is 9.97 Å². The van der Waals surface area contributed by atoms with E-state index in [1.54, 1.807) is 38.5 Å². The van der Waals surface area contributed by atoms with E-state index in [-0.39, 0.29) is 18.3 Å². The van der Waals surface area contributed by atoms with Crippen molar-refractivity contribution >= 4 is 28.3 Å². The predicted molar refractivity (Wildman–Crippen MR) is 93.1 cm³/mol. The molecule has 2 aromatic heterocycles. The number of carbonyl (C=O) groups is 2. The Morgan fingerprint density at radius 2 is 2.12 bits per heavy atom. The second-order valence-corrected chi connectivity index (χ2v) is 6.77. The quantitative estimate of drug-likeness (QED) is 0.813. The number of esters is 1. The third-order valence-corrected chi connectivity index (χ3v) is 4.42. The maximum atomic E-state index is 12.2. The van der Waals surface area contributed by atoms with Crippen molar-refractivity contribution in [2.45, 2.75) is 39.5 Å². The Labute approximate surface area is 145 Å². The van der Waals surface area contributed by atoms with E-state index >= 15 is 0 Å². The fourth-order valence-corrected chi connectivity index (χ4v) is 2.97. The van der Waals surface area contributed by atoms with Gasteiger partial charge in [-0.1, -0.05) is 0 Å². The molecule has 128 valence electrons. The number of amides is 1. The average molecular weight is 347 g/mol. The third-order valence-electron chi connectivity index (χ3n) is 3.66. The summed E-state index contributed by atoms with van der Waals surface area (Å²) in [7, 11) is 0. The molecule has 0 saturated heterocycles. The summed E-state index contributed by atoms with van der Waals surface area (Å²) in [6, 6.07) is 1.83. The Kier molecular flexibility index (Phi) is 5.66. The van der Waals surface area contributed by atoms with Gasteiger partial charge in [-0.3, -0.25) is 14.6 Å². The maximum Gasteiger partial charge on any atom is 0.317 e. The summed E-state index contributed by atoms with van der Waals surface area (Å²) < 4.78 is 5.08.